The van der Waals surface area contributed by atoms with Crippen LogP contribution in [-0.4, -0.2) is 44.2 Å². The summed E-state index contributed by atoms with van der Waals surface area (Å²) in [5, 5.41) is 3.30. The lowest BCUT2D eigenvalue weighted by molar-refractivity contribution is 0.254. The van der Waals surface area contributed by atoms with Gasteiger partial charge in [-0.1, -0.05) is 12.1 Å². The van der Waals surface area contributed by atoms with Crippen LogP contribution in [0.5, 0.6) is 0 Å². The third-order valence-corrected chi connectivity index (χ3v) is 5.34. The van der Waals surface area contributed by atoms with Crippen molar-refractivity contribution in [1.29, 1.82) is 0 Å². The summed E-state index contributed by atoms with van der Waals surface area (Å²) in [4.78, 5) is 5.19. The number of nitrogens with zero attached hydrogens (tertiary/aromatic N) is 2. The highest BCUT2D eigenvalue weighted by molar-refractivity contribution is 5.48. The maximum absolute atomic E-state index is 3.30. The van der Waals surface area contributed by atoms with E-state index in [1.807, 2.05) is 7.05 Å². The first-order valence-corrected chi connectivity index (χ1v) is 7.93. The molecule has 2 heterocycles. The molecule has 0 amide bonds. The van der Waals surface area contributed by atoms with Crippen molar-refractivity contribution in [2.75, 3.05) is 32.1 Å². The van der Waals surface area contributed by atoms with Crippen LogP contribution in [0.3, 0.4) is 0 Å². The number of hydrogen-bond donors (Lipinski definition) is 1. The van der Waals surface area contributed by atoms with Gasteiger partial charge in [0, 0.05) is 36.9 Å². The average Bonchev–Trinajstić information content (AvgIpc) is 2.72. The normalized spacial score (nSPS) is 28.4. The van der Waals surface area contributed by atoms with Crippen LogP contribution in [0, 0.1) is 0 Å². The summed E-state index contributed by atoms with van der Waals surface area (Å²) in [6.07, 6.45) is 4.07. The van der Waals surface area contributed by atoms with Crippen LogP contribution in [0.2, 0.25) is 0 Å². The Morgan fingerprint density at radius 2 is 1.80 bits per heavy atom. The van der Waals surface area contributed by atoms with Gasteiger partial charge in [0.25, 0.3) is 0 Å². The highest BCUT2D eigenvalue weighted by Crippen LogP contribution is 2.31. The summed E-state index contributed by atoms with van der Waals surface area (Å²) in [6.45, 7) is 4.59. The Hall–Kier alpha value is -1.06. The minimum atomic E-state index is 0.426. The molecule has 0 spiro atoms. The first-order valence-electron chi connectivity index (χ1n) is 7.93. The van der Waals surface area contributed by atoms with Gasteiger partial charge < -0.3 is 10.2 Å². The summed E-state index contributed by atoms with van der Waals surface area (Å²) in [7, 11) is 4.32. The maximum atomic E-state index is 3.30. The molecule has 0 aliphatic carbocycles. The van der Waals surface area contributed by atoms with Gasteiger partial charge in [-0.15, -0.1) is 0 Å². The molecule has 2 aliphatic rings. The molecule has 1 N–H and O–H groups in total. The van der Waals surface area contributed by atoms with E-state index >= 15 is 0 Å². The second-order valence-electron chi connectivity index (χ2n) is 6.39. The fraction of sp³-hybridized carbons (Fsp3) is 0.647. The molecule has 2 bridgehead atoms. The first kappa shape index (κ1) is 13.9. The van der Waals surface area contributed by atoms with Crippen molar-refractivity contribution < 1.29 is 0 Å². The number of hydrogen-bond acceptors (Lipinski definition) is 3. The zero-order chi connectivity index (χ0) is 14.1. The molecular formula is C17H27N3. The molecule has 3 heteroatoms. The molecule has 0 aromatic heterocycles. The van der Waals surface area contributed by atoms with E-state index in [0.717, 1.165) is 12.1 Å². The van der Waals surface area contributed by atoms with Gasteiger partial charge in [-0.25, -0.2) is 0 Å². The predicted octanol–water partition coefficient (Wildman–Crippen LogP) is 2.64. The fourth-order valence-electron chi connectivity index (χ4n) is 3.68. The van der Waals surface area contributed by atoms with Gasteiger partial charge in [-0.2, -0.15) is 0 Å². The molecule has 0 radical (unpaired) electrons. The molecule has 0 saturated carbocycles. The summed E-state index contributed by atoms with van der Waals surface area (Å²) >= 11 is 0. The summed E-state index contributed by atoms with van der Waals surface area (Å²) < 4.78 is 0. The zero-order valence-corrected chi connectivity index (χ0v) is 13.0. The van der Waals surface area contributed by atoms with Crippen molar-refractivity contribution in [3.63, 3.8) is 0 Å². The van der Waals surface area contributed by atoms with Crippen molar-refractivity contribution >= 4 is 5.69 Å². The lowest BCUT2D eigenvalue weighted by atomic mass is 10.1. The summed E-state index contributed by atoms with van der Waals surface area (Å²) in [6, 6.07) is 11.1. The molecule has 20 heavy (non-hydrogen) atoms. The molecule has 3 rings (SSSR count). The van der Waals surface area contributed by atoms with Crippen LogP contribution in [0.1, 0.15) is 37.8 Å². The molecule has 1 aromatic carbocycles. The predicted molar refractivity (Wildman–Crippen MR) is 85.3 cm³/mol. The van der Waals surface area contributed by atoms with Gasteiger partial charge in [0.1, 0.15) is 0 Å². The Kier molecular flexibility index (Phi) is 3.99. The van der Waals surface area contributed by atoms with E-state index in [1.54, 1.807) is 0 Å². The molecular weight excluding hydrogens is 246 g/mol. The van der Waals surface area contributed by atoms with E-state index in [2.05, 4.69) is 53.4 Å². The highest BCUT2D eigenvalue weighted by Gasteiger charge is 2.34. The minimum absolute atomic E-state index is 0.426. The van der Waals surface area contributed by atoms with E-state index in [-0.39, 0.29) is 0 Å². The number of benzene rings is 1. The van der Waals surface area contributed by atoms with Crippen LogP contribution in [0.15, 0.2) is 24.3 Å². The van der Waals surface area contributed by atoms with Gasteiger partial charge in [-0.3, -0.25) is 4.90 Å². The Labute approximate surface area is 123 Å². The molecule has 110 valence electrons. The van der Waals surface area contributed by atoms with Crippen LogP contribution in [0.4, 0.5) is 5.69 Å². The average molecular weight is 273 g/mol. The van der Waals surface area contributed by atoms with Crippen molar-refractivity contribution in [3.05, 3.63) is 29.8 Å². The monoisotopic (exact) mass is 273 g/mol. The number of fused-ring (bicyclic) bond motifs is 2. The van der Waals surface area contributed by atoms with Crippen LogP contribution in [-0.2, 0) is 0 Å². The highest BCUT2D eigenvalue weighted by atomic mass is 15.3. The van der Waals surface area contributed by atoms with Gasteiger partial charge in [0.05, 0.1) is 0 Å². The molecule has 3 unspecified atom stereocenters. The SMILES string of the molecule is CNC(C)c1ccc(N2CCC3CCC(C2)N3C)cc1. The Morgan fingerprint density at radius 1 is 1.10 bits per heavy atom. The standard InChI is InChI=1S/C17H27N3/c1-13(18-2)14-4-6-16(7-5-14)20-11-10-15-8-9-17(12-20)19(15)3/h4-7,13,15,17-18H,8-12H2,1-3H3. The van der Waals surface area contributed by atoms with Crippen LogP contribution < -0.4 is 10.2 Å². The maximum Gasteiger partial charge on any atom is 0.0366 e. The largest absolute Gasteiger partial charge is 0.370 e. The second kappa shape index (κ2) is 5.74. The molecule has 2 saturated heterocycles. The number of likely N-dealkylation sites (N-methyl/N-ethyl adjacent to an activating group) is 1. The number of anilines is 1. The second-order valence-corrected chi connectivity index (χ2v) is 6.39. The lowest BCUT2D eigenvalue weighted by Crippen LogP contribution is -2.36. The summed E-state index contributed by atoms with van der Waals surface area (Å²) in [5.74, 6) is 0. The summed E-state index contributed by atoms with van der Waals surface area (Å²) in [5.41, 5.74) is 2.75. The van der Waals surface area contributed by atoms with Gasteiger partial charge in [-0.05, 0) is 58.0 Å². The molecule has 3 atom stereocenters. The van der Waals surface area contributed by atoms with Crippen molar-refractivity contribution in [1.82, 2.24) is 10.2 Å². The molecule has 2 fully saturated rings. The molecule has 2 aliphatic heterocycles. The minimum Gasteiger partial charge on any atom is -0.370 e. The van der Waals surface area contributed by atoms with Crippen molar-refractivity contribution in [3.8, 4) is 0 Å². The van der Waals surface area contributed by atoms with E-state index < -0.39 is 0 Å². The topological polar surface area (TPSA) is 18.5 Å². The third kappa shape index (κ3) is 2.57. The quantitative estimate of drug-likeness (QED) is 0.913. The zero-order valence-electron chi connectivity index (χ0n) is 13.0. The number of rotatable bonds is 3. The van der Waals surface area contributed by atoms with Gasteiger partial charge in [0.2, 0.25) is 0 Å². The Balaban J connectivity index is 1.73. The molecule has 1 aromatic rings. The van der Waals surface area contributed by atoms with E-state index in [9.17, 15) is 0 Å². The third-order valence-electron chi connectivity index (χ3n) is 5.34. The first-order chi connectivity index (χ1) is 9.69. The van der Waals surface area contributed by atoms with Crippen LogP contribution in [0.25, 0.3) is 0 Å². The smallest absolute Gasteiger partial charge is 0.0366 e. The number of nitrogens with one attached hydrogen (secondary N) is 1. The van der Waals surface area contributed by atoms with E-state index in [1.165, 1.54) is 43.6 Å². The molecule has 3 nitrogen and oxygen atoms in total. The Morgan fingerprint density at radius 3 is 2.50 bits per heavy atom. The van der Waals surface area contributed by atoms with Gasteiger partial charge in [0.15, 0.2) is 0 Å². The van der Waals surface area contributed by atoms with Crippen LogP contribution >= 0.6 is 0 Å². The fourth-order valence-corrected chi connectivity index (χ4v) is 3.68. The lowest BCUT2D eigenvalue weighted by Gasteiger charge is -2.28. The van der Waals surface area contributed by atoms with Crippen molar-refractivity contribution in [2.45, 2.75) is 44.3 Å². The van der Waals surface area contributed by atoms with E-state index in [4.69, 9.17) is 0 Å². The van der Waals surface area contributed by atoms with Crippen molar-refractivity contribution in [2.24, 2.45) is 0 Å². The van der Waals surface area contributed by atoms with Gasteiger partial charge >= 0.3 is 0 Å². The Bertz CT molecular complexity index is 442. The van der Waals surface area contributed by atoms with E-state index in [0.29, 0.717) is 6.04 Å².